The zero-order valence-electron chi connectivity index (χ0n) is 12.6. The van der Waals surface area contributed by atoms with Crippen molar-refractivity contribution in [3.05, 3.63) is 16.6 Å². The molecule has 3 unspecified atom stereocenters. The second-order valence-electron chi connectivity index (χ2n) is 5.62. The minimum absolute atomic E-state index is 0.0894. The topological polar surface area (TPSA) is 68.3 Å². The van der Waals surface area contributed by atoms with Crippen molar-refractivity contribution in [2.24, 2.45) is 0 Å². The van der Waals surface area contributed by atoms with Crippen molar-refractivity contribution >= 4 is 21.4 Å². The Hall–Kier alpha value is -0.500. The van der Waals surface area contributed by atoms with E-state index in [0.717, 1.165) is 30.7 Å². The summed E-state index contributed by atoms with van der Waals surface area (Å²) in [6.45, 7) is 2.38. The van der Waals surface area contributed by atoms with Gasteiger partial charge in [0.15, 0.2) is 0 Å². The zero-order valence-corrected chi connectivity index (χ0v) is 14.3. The molecule has 0 bridgehead atoms. The first kappa shape index (κ1) is 16.9. The van der Waals surface area contributed by atoms with Gasteiger partial charge in [0.2, 0.25) is 10.0 Å². The number of methoxy groups -OCH3 is 1. The number of aromatic nitrogens is 1. The van der Waals surface area contributed by atoms with Gasteiger partial charge in [0.1, 0.15) is 5.25 Å². The molecule has 1 fully saturated rings. The lowest BCUT2D eigenvalue weighted by Gasteiger charge is -2.24. The van der Waals surface area contributed by atoms with Gasteiger partial charge in [-0.15, -0.1) is 11.3 Å². The lowest BCUT2D eigenvalue weighted by Crippen LogP contribution is -2.43. The van der Waals surface area contributed by atoms with Gasteiger partial charge >= 0.3 is 0 Å². The number of hydrogen-bond donors (Lipinski definition) is 1. The van der Waals surface area contributed by atoms with Crippen LogP contribution in [0, 0.1) is 0 Å². The maximum atomic E-state index is 12.6. The van der Waals surface area contributed by atoms with Crippen LogP contribution in [0.15, 0.2) is 11.6 Å². The van der Waals surface area contributed by atoms with Gasteiger partial charge in [-0.25, -0.2) is 18.1 Å². The Morgan fingerprint density at radius 1 is 1.43 bits per heavy atom. The van der Waals surface area contributed by atoms with E-state index in [1.54, 1.807) is 24.6 Å². The van der Waals surface area contributed by atoms with Crippen molar-refractivity contribution in [1.29, 1.82) is 0 Å². The first-order valence-electron chi connectivity index (χ1n) is 7.45. The summed E-state index contributed by atoms with van der Waals surface area (Å²) in [6.07, 6.45) is 6.13. The minimum atomic E-state index is -3.35. The smallest absolute Gasteiger partial charge is 0.217 e. The predicted molar refractivity (Wildman–Crippen MR) is 85.1 cm³/mol. The number of ether oxygens (including phenoxy) is 1. The highest BCUT2D eigenvalue weighted by atomic mass is 32.2. The van der Waals surface area contributed by atoms with E-state index >= 15 is 0 Å². The van der Waals surface area contributed by atoms with E-state index in [1.807, 2.05) is 12.3 Å². The molecule has 0 aromatic carbocycles. The fourth-order valence-electron chi connectivity index (χ4n) is 2.78. The van der Waals surface area contributed by atoms with Crippen LogP contribution in [0.3, 0.4) is 0 Å². The Labute approximate surface area is 131 Å². The van der Waals surface area contributed by atoms with Crippen LogP contribution in [-0.4, -0.2) is 38.4 Å². The van der Waals surface area contributed by atoms with E-state index in [9.17, 15) is 8.42 Å². The van der Waals surface area contributed by atoms with Crippen molar-refractivity contribution in [2.75, 3.05) is 13.7 Å². The molecule has 21 heavy (non-hydrogen) atoms. The van der Waals surface area contributed by atoms with E-state index in [0.29, 0.717) is 13.0 Å². The molecule has 1 aromatic heterocycles. The van der Waals surface area contributed by atoms with E-state index in [2.05, 4.69) is 9.71 Å². The van der Waals surface area contributed by atoms with Crippen molar-refractivity contribution in [2.45, 2.75) is 56.3 Å². The average molecular weight is 332 g/mol. The Kier molecular flexibility index (Phi) is 6.16. The summed E-state index contributed by atoms with van der Waals surface area (Å²) in [5, 5.41) is 2.43. The minimum Gasteiger partial charge on any atom is -0.380 e. The van der Waals surface area contributed by atoms with Gasteiger partial charge in [-0.3, -0.25) is 0 Å². The van der Waals surface area contributed by atoms with Crippen LogP contribution in [-0.2, 0) is 14.8 Å². The van der Waals surface area contributed by atoms with Crippen LogP contribution in [0.1, 0.15) is 50.0 Å². The third-order valence-electron chi connectivity index (χ3n) is 4.06. The molecule has 1 aliphatic carbocycles. The normalized spacial score (nSPS) is 25.4. The Bertz CT molecular complexity index is 516. The molecule has 120 valence electrons. The summed E-state index contributed by atoms with van der Waals surface area (Å²) < 4.78 is 33.3. The number of nitrogens with one attached hydrogen (secondary N) is 1. The predicted octanol–water partition coefficient (Wildman–Crippen LogP) is 2.51. The van der Waals surface area contributed by atoms with Crippen LogP contribution in [0.5, 0.6) is 0 Å². The Balaban J connectivity index is 1.99. The largest absolute Gasteiger partial charge is 0.380 e. The summed E-state index contributed by atoms with van der Waals surface area (Å²) in [7, 11) is -1.74. The van der Waals surface area contributed by atoms with E-state index in [-0.39, 0.29) is 12.0 Å². The molecule has 1 aliphatic rings. The standard InChI is InChI=1S/C14H24N2O3S2/c1-11(14-15-8-9-20-14)10-16-21(17,18)13-7-5-3-4-6-12(13)19-2/h8-9,11-13,16H,3-7,10H2,1-2H3. The van der Waals surface area contributed by atoms with Crippen LogP contribution < -0.4 is 4.72 Å². The zero-order chi connectivity index (χ0) is 15.3. The molecule has 1 saturated carbocycles. The number of nitrogens with zero attached hydrogens (tertiary/aromatic N) is 1. The Morgan fingerprint density at radius 2 is 2.19 bits per heavy atom. The summed E-state index contributed by atoms with van der Waals surface area (Å²) in [4.78, 5) is 4.23. The highest BCUT2D eigenvalue weighted by Gasteiger charge is 2.34. The SMILES string of the molecule is COC1CCCCCC1S(=O)(=O)NCC(C)c1nccs1. The third kappa shape index (κ3) is 4.48. The van der Waals surface area contributed by atoms with Gasteiger partial charge in [-0.2, -0.15) is 0 Å². The van der Waals surface area contributed by atoms with Gasteiger partial charge in [0, 0.05) is 31.1 Å². The molecule has 0 saturated heterocycles. The van der Waals surface area contributed by atoms with E-state index in [1.165, 1.54) is 0 Å². The summed E-state index contributed by atoms with van der Waals surface area (Å²) in [5.74, 6) is 0.0894. The van der Waals surface area contributed by atoms with Crippen molar-refractivity contribution in [3.8, 4) is 0 Å². The molecule has 5 nitrogen and oxygen atoms in total. The van der Waals surface area contributed by atoms with Gasteiger partial charge in [0.25, 0.3) is 0 Å². The molecule has 0 spiro atoms. The quantitative estimate of drug-likeness (QED) is 0.813. The maximum absolute atomic E-state index is 12.6. The fourth-order valence-corrected chi connectivity index (χ4v) is 5.30. The molecule has 0 aliphatic heterocycles. The fraction of sp³-hybridized carbons (Fsp3) is 0.786. The van der Waals surface area contributed by atoms with Crippen LogP contribution >= 0.6 is 11.3 Å². The number of thiazole rings is 1. The van der Waals surface area contributed by atoms with Crippen LogP contribution in [0.2, 0.25) is 0 Å². The number of hydrogen-bond acceptors (Lipinski definition) is 5. The van der Waals surface area contributed by atoms with Gasteiger partial charge in [0.05, 0.1) is 11.1 Å². The van der Waals surface area contributed by atoms with E-state index < -0.39 is 15.3 Å². The van der Waals surface area contributed by atoms with Crippen LogP contribution in [0.4, 0.5) is 0 Å². The van der Waals surface area contributed by atoms with Crippen molar-refractivity contribution in [1.82, 2.24) is 9.71 Å². The van der Waals surface area contributed by atoms with Crippen molar-refractivity contribution in [3.63, 3.8) is 0 Å². The molecule has 2 rings (SSSR count). The Morgan fingerprint density at radius 3 is 2.86 bits per heavy atom. The van der Waals surface area contributed by atoms with Crippen LogP contribution in [0.25, 0.3) is 0 Å². The highest BCUT2D eigenvalue weighted by molar-refractivity contribution is 7.90. The molecule has 1 N–H and O–H groups in total. The molecule has 0 amide bonds. The van der Waals surface area contributed by atoms with Gasteiger partial charge < -0.3 is 4.74 Å². The van der Waals surface area contributed by atoms with Gasteiger partial charge in [-0.1, -0.05) is 26.2 Å². The lowest BCUT2D eigenvalue weighted by atomic mass is 10.1. The molecular weight excluding hydrogens is 308 g/mol. The summed E-state index contributed by atoms with van der Waals surface area (Å²) in [6, 6.07) is 0. The number of sulfonamides is 1. The first-order chi connectivity index (χ1) is 10.0. The molecule has 0 radical (unpaired) electrons. The first-order valence-corrected chi connectivity index (χ1v) is 9.88. The molecule has 1 aromatic rings. The highest BCUT2D eigenvalue weighted by Crippen LogP contribution is 2.25. The second-order valence-corrected chi connectivity index (χ2v) is 8.53. The summed E-state index contributed by atoms with van der Waals surface area (Å²) in [5.41, 5.74) is 0. The monoisotopic (exact) mass is 332 g/mol. The van der Waals surface area contributed by atoms with Gasteiger partial charge in [-0.05, 0) is 12.8 Å². The second kappa shape index (κ2) is 7.67. The van der Waals surface area contributed by atoms with E-state index in [4.69, 9.17) is 4.74 Å². The molecule has 3 atom stereocenters. The number of rotatable bonds is 6. The lowest BCUT2D eigenvalue weighted by molar-refractivity contribution is 0.0921. The maximum Gasteiger partial charge on any atom is 0.217 e. The molecule has 7 heteroatoms. The molecule has 1 heterocycles. The average Bonchev–Trinajstić information content (AvgIpc) is 2.89. The summed E-state index contributed by atoms with van der Waals surface area (Å²) >= 11 is 1.55. The third-order valence-corrected chi connectivity index (χ3v) is 6.97. The van der Waals surface area contributed by atoms with Crippen molar-refractivity contribution < 1.29 is 13.2 Å². The molecular formula is C14H24N2O3S2.